The molecule has 2 N–H and O–H groups in total. The summed E-state index contributed by atoms with van der Waals surface area (Å²) in [5.74, 6) is -0.785. The van der Waals surface area contributed by atoms with Gasteiger partial charge in [0.2, 0.25) is 0 Å². The van der Waals surface area contributed by atoms with Gasteiger partial charge >= 0.3 is 12.1 Å². The summed E-state index contributed by atoms with van der Waals surface area (Å²) >= 11 is 0.914. The van der Waals surface area contributed by atoms with Gasteiger partial charge in [0.05, 0.1) is 16.6 Å². The van der Waals surface area contributed by atoms with Gasteiger partial charge in [-0.25, -0.2) is 9.78 Å². The number of imidazole rings is 1. The van der Waals surface area contributed by atoms with E-state index < -0.39 is 17.7 Å². The van der Waals surface area contributed by atoms with Gasteiger partial charge in [0.25, 0.3) is 0 Å². The van der Waals surface area contributed by atoms with Crippen LogP contribution in [0.3, 0.4) is 0 Å². The standard InChI is InChI=1S/C21H13F3N2O3S/c22-21(23,24)13-5-3-4-12(10-13)17-9-8-14(29-17)11-18(19(27)28)30-20-25-15-6-1-2-7-16(15)26-20/h1-11H,(H,25,26)(H,27,28)/b18-11-. The van der Waals surface area contributed by atoms with Crippen molar-refractivity contribution >= 4 is 34.8 Å². The number of nitrogens with one attached hydrogen (secondary N) is 1. The normalized spacial score (nSPS) is 12.4. The first-order valence-electron chi connectivity index (χ1n) is 8.65. The fraction of sp³-hybridized carbons (Fsp3) is 0.0476. The molecule has 0 bridgehead atoms. The quantitative estimate of drug-likeness (QED) is 0.297. The van der Waals surface area contributed by atoms with E-state index in [9.17, 15) is 23.1 Å². The zero-order valence-electron chi connectivity index (χ0n) is 15.1. The fourth-order valence-electron chi connectivity index (χ4n) is 2.78. The van der Waals surface area contributed by atoms with Crippen molar-refractivity contribution in [2.45, 2.75) is 11.3 Å². The summed E-state index contributed by atoms with van der Waals surface area (Å²) < 4.78 is 44.3. The van der Waals surface area contributed by atoms with E-state index in [4.69, 9.17) is 4.42 Å². The third-order valence-corrected chi connectivity index (χ3v) is 5.06. The van der Waals surface area contributed by atoms with Gasteiger partial charge in [-0.3, -0.25) is 0 Å². The number of aromatic nitrogens is 2. The zero-order valence-corrected chi connectivity index (χ0v) is 15.9. The van der Waals surface area contributed by atoms with Crippen LogP contribution in [0.1, 0.15) is 11.3 Å². The molecule has 0 atom stereocenters. The first-order valence-corrected chi connectivity index (χ1v) is 9.46. The molecule has 2 aromatic carbocycles. The van der Waals surface area contributed by atoms with E-state index >= 15 is 0 Å². The number of aliphatic carboxylic acids is 1. The first kappa shape index (κ1) is 19.8. The van der Waals surface area contributed by atoms with Crippen molar-refractivity contribution < 1.29 is 27.5 Å². The highest BCUT2D eigenvalue weighted by atomic mass is 32.2. The van der Waals surface area contributed by atoms with Gasteiger partial charge < -0.3 is 14.5 Å². The predicted octanol–water partition coefficient (Wildman–Crippen LogP) is 6.06. The number of aromatic amines is 1. The van der Waals surface area contributed by atoms with Crippen LogP contribution in [0.25, 0.3) is 28.4 Å². The number of nitrogens with zero attached hydrogens (tertiary/aromatic N) is 1. The first-order chi connectivity index (χ1) is 14.3. The lowest BCUT2D eigenvalue weighted by Crippen LogP contribution is -2.04. The van der Waals surface area contributed by atoms with Gasteiger partial charge in [0.15, 0.2) is 5.16 Å². The Morgan fingerprint density at radius 3 is 2.63 bits per heavy atom. The average Bonchev–Trinajstić information content (AvgIpc) is 3.33. The summed E-state index contributed by atoms with van der Waals surface area (Å²) in [6.45, 7) is 0. The molecule has 0 aliphatic carbocycles. The number of hydrogen-bond acceptors (Lipinski definition) is 4. The lowest BCUT2D eigenvalue weighted by atomic mass is 10.1. The Balaban J connectivity index is 1.61. The number of carboxylic acids is 1. The summed E-state index contributed by atoms with van der Waals surface area (Å²) in [4.78, 5) is 19.0. The van der Waals surface area contributed by atoms with Crippen LogP contribution in [-0.4, -0.2) is 21.0 Å². The Kier molecular flexibility index (Phi) is 5.13. The van der Waals surface area contributed by atoms with Crippen LogP contribution in [0, 0.1) is 0 Å². The van der Waals surface area contributed by atoms with Gasteiger partial charge in [-0.1, -0.05) is 24.3 Å². The van der Waals surface area contributed by atoms with Gasteiger partial charge in [-0.05, 0) is 48.2 Å². The Labute approximate surface area is 172 Å². The fourth-order valence-corrected chi connectivity index (χ4v) is 3.56. The highest BCUT2D eigenvalue weighted by Crippen LogP contribution is 2.34. The summed E-state index contributed by atoms with van der Waals surface area (Å²) in [5.41, 5.74) is 0.926. The van der Waals surface area contributed by atoms with Crippen molar-refractivity contribution in [1.29, 1.82) is 0 Å². The largest absolute Gasteiger partial charge is 0.477 e. The monoisotopic (exact) mass is 430 g/mol. The van der Waals surface area contributed by atoms with Crippen LogP contribution in [-0.2, 0) is 11.0 Å². The summed E-state index contributed by atoms with van der Waals surface area (Å²) in [6.07, 6.45) is -3.16. The molecule has 0 saturated heterocycles. The number of thioether (sulfide) groups is 1. The van der Waals surface area contributed by atoms with Gasteiger partial charge in [0, 0.05) is 11.6 Å². The van der Waals surface area contributed by atoms with E-state index in [-0.39, 0.29) is 22.0 Å². The maximum absolute atomic E-state index is 12.9. The maximum Gasteiger partial charge on any atom is 0.416 e. The number of carbonyl (C=O) groups is 1. The van der Waals surface area contributed by atoms with E-state index in [0.717, 1.165) is 29.4 Å². The molecule has 30 heavy (non-hydrogen) atoms. The van der Waals surface area contributed by atoms with Gasteiger partial charge in [-0.2, -0.15) is 13.2 Å². The molecule has 0 aliphatic heterocycles. The minimum atomic E-state index is -4.47. The highest BCUT2D eigenvalue weighted by molar-refractivity contribution is 8.04. The lowest BCUT2D eigenvalue weighted by molar-refractivity contribution is -0.137. The van der Waals surface area contributed by atoms with Crippen LogP contribution in [0.15, 0.2) is 75.1 Å². The second kappa shape index (κ2) is 7.75. The number of fused-ring (bicyclic) bond motifs is 1. The molecule has 4 aromatic rings. The van der Waals surface area contributed by atoms with E-state index in [0.29, 0.717) is 10.7 Å². The number of halogens is 3. The molecule has 2 heterocycles. The van der Waals surface area contributed by atoms with Crippen molar-refractivity contribution in [3.63, 3.8) is 0 Å². The molecular weight excluding hydrogens is 417 g/mol. The summed E-state index contributed by atoms with van der Waals surface area (Å²) in [7, 11) is 0. The molecule has 0 saturated carbocycles. The van der Waals surface area contributed by atoms with E-state index in [1.165, 1.54) is 30.3 Å². The number of H-pyrrole nitrogens is 1. The topological polar surface area (TPSA) is 79.1 Å². The van der Waals surface area contributed by atoms with E-state index in [1.807, 2.05) is 18.2 Å². The molecular formula is C21H13F3N2O3S. The second-order valence-corrected chi connectivity index (χ2v) is 7.29. The third-order valence-electron chi connectivity index (χ3n) is 4.16. The number of para-hydroxylation sites is 2. The van der Waals surface area contributed by atoms with Gasteiger partial charge in [-0.15, -0.1) is 0 Å². The molecule has 2 aromatic heterocycles. The molecule has 152 valence electrons. The SMILES string of the molecule is O=C(O)/C(=C/c1ccc(-c2cccc(C(F)(F)F)c2)o1)Sc1nc2ccccc2[nH]1. The Morgan fingerprint density at radius 1 is 1.10 bits per heavy atom. The van der Waals surface area contributed by atoms with E-state index in [2.05, 4.69) is 9.97 Å². The van der Waals surface area contributed by atoms with Crippen LogP contribution in [0.2, 0.25) is 0 Å². The molecule has 9 heteroatoms. The number of carboxylic acid groups (broad SMARTS) is 1. The predicted molar refractivity (Wildman–Crippen MR) is 107 cm³/mol. The van der Waals surface area contributed by atoms with Crippen LogP contribution in [0.4, 0.5) is 13.2 Å². The van der Waals surface area contributed by atoms with Crippen molar-refractivity contribution in [1.82, 2.24) is 9.97 Å². The Bertz CT molecular complexity index is 1220. The Morgan fingerprint density at radius 2 is 1.90 bits per heavy atom. The van der Waals surface area contributed by atoms with Crippen LogP contribution in [0.5, 0.6) is 0 Å². The maximum atomic E-state index is 12.9. The molecule has 0 radical (unpaired) electrons. The Hall–Kier alpha value is -3.46. The average molecular weight is 430 g/mol. The van der Waals surface area contributed by atoms with Crippen molar-refractivity contribution in [3.05, 3.63) is 76.9 Å². The number of furan rings is 1. The number of hydrogen-bond donors (Lipinski definition) is 2. The summed E-state index contributed by atoms with van der Waals surface area (Å²) in [6, 6.07) is 15.0. The zero-order chi connectivity index (χ0) is 21.3. The third kappa shape index (κ3) is 4.25. The minimum absolute atomic E-state index is 0.0565. The number of alkyl halides is 3. The van der Waals surface area contributed by atoms with Crippen molar-refractivity contribution in [3.8, 4) is 11.3 Å². The number of benzene rings is 2. The second-order valence-electron chi connectivity index (χ2n) is 6.26. The van der Waals surface area contributed by atoms with Crippen LogP contribution < -0.4 is 0 Å². The molecule has 0 fully saturated rings. The van der Waals surface area contributed by atoms with Crippen molar-refractivity contribution in [2.24, 2.45) is 0 Å². The smallest absolute Gasteiger partial charge is 0.416 e. The molecule has 0 spiro atoms. The van der Waals surface area contributed by atoms with Gasteiger partial charge in [0.1, 0.15) is 16.4 Å². The van der Waals surface area contributed by atoms with Crippen LogP contribution >= 0.6 is 11.8 Å². The summed E-state index contributed by atoms with van der Waals surface area (Å²) in [5, 5.41) is 9.92. The highest BCUT2D eigenvalue weighted by Gasteiger charge is 2.30. The molecule has 4 rings (SSSR count). The van der Waals surface area contributed by atoms with Crippen molar-refractivity contribution in [2.75, 3.05) is 0 Å². The lowest BCUT2D eigenvalue weighted by Gasteiger charge is -2.07. The number of rotatable bonds is 5. The molecule has 0 unspecified atom stereocenters. The molecule has 0 amide bonds. The molecule has 0 aliphatic rings. The van der Waals surface area contributed by atoms with E-state index in [1.54, 1.807) is 6.07 Å². The molecule has 5 nitrogen and oxygen atoms in total. The minimum Gasteiger partial charge on any atom is -0.477 e.